The second-order valence-electron chi connectivity index (χ2n) is 4.62. The molecule has 19 heavy (non-hydrogen) atoms. The molecule has 1 aromatic carbocycles. The molecule has 4 nitrogen and oxygen atoms in total. The summed E-state index contributed by atoms with van der Waals surface area (Å²) in [4.78, 5) is 0. The second kappa shape index (κ2) is 7.14. The van der Waals surface area contributed by atoms with Crippen LogP contribution in [0.1, 0.15) is 37.3 Å². The van der Waals surface area contributed by atoms with Crippen LogP contribution < -0.4 is 4.74 Å². The van der Waals surface area contributed by atoms with Crippen molar-refractivity contribution in [1.29, 1.82) is 0 Å². The molecule has 0 bridgehead atoms. The SMILES string of the molecule is CCOCCCOc1ccc2c(c1)/C(=N\O)CCC2. The van der Waals surface area contributed by atoms with Crippen LogP contribution in [0.3, 0.4) is 0 Å². The molecule has 104 valence electrons. The summed E-state index contributed by atoms with van der Waals surface area (Å²) in [6.45, 7) is 4.10. The van der Waals surface area contributed by atoms with Gasteiger partial charge in [0, 0.05) is 25.2 Å². The molecule has 1 aliphatic carbocycles. The van der Waals surface area contributed by atoms with Gasteiger partial charge in [0.1, 0.15) is 5.75 Å². The second-order valence-corrected chi connectivity index (χ2v) is 4.62. The van der Waals surface area contributed by atoms with Gasteiger partial charge in [0.05, 0.1) is 12.3 Å². The van der Waals surface area contributed by atoms with Crippen molar-refractivity contribution in [3.05, 3.63) is 29.3 Å². The van der Waals surface area contributed by atoms with E-state index in [9.17, 15) is 0 Å². The first kappa shape index (κ1) is 13.9. The Morgan fingerprint density at radius 2 is 2.16 bits per heavy atom. The highest BCUT2D eigenvalue weighted by molar-refractivity contribution is 6.02. The first-order valence-electron chi connectivity index (χ1n) is 6.90. The molecule has 0 aliphatic heterocycles. The molecule has 0 fully saturated rings. The number of ether oxygens (including phenoxy) is 2. The molecule has 0 radical (unpaired) electrons. The lowest BCUT2D eigenvalue weighted by atomic mass is 9.90. The van der Waals surface area contributed by atoms with Gasteiger partial charge in [-0.25, -0.2) is 0 Å². The zero-order valence-corrected chi connectivity index (χ0v) is 11.4. The van der Waals surface area contributed by atoms with Crippen molar-refractivity contribution in [3.8, 4) is 5.75 Å². The topological polar surface area (TPSA) is 51.0 Å². The fraction of sp³-hybridized carbons (Fsp3) is 0.533. The van der Waals surface area contributed by atoms with Gasteiger partial charge in [-0.3, -0.25) is 0 Å². The number of aryl methyl sites for hydroxylation is 1. The van der Waals surface area contributed by atoms with Crippen LogP contribution in [-0.4, -0.2) is 30.7 Å². The van der Waals surface area contributed by atoms with E-state index < -0.39 is 0 Å². The molecule has 0 spiro atoms. The van der Waals surface area contributed by atoms with Crippen LogP contribution in [0.25, 0.3) is 0 Å². The van der Waals surface area contributed by atoms with E-state index in [0.29, 0.717) is 6.61 Å². The number of rotatable bonds is 6. The van der Waals surface area contributed by atoms with E-state index in [0.717, 1.165) is 55.9 Å². The minimum atomic E-state index is 0.643. The molecule has 0 saturated carbocycles. The molecule has 0 aromatic heterocycles. The Hall–Kier alpha value is -1.55. The Balaban J connectivity index is 1.96. The Labute approximate surface area is 114 Å². The fourth-order valence-electron chi connectivity index (χ4n) is 2.31. The molecular weight excluding hydrogens is 242 g/mol. The lowest BCUT2D eigenvalue weighted by Crippen LogP contribution is -2.12. The van der Waals surface area contributed by atoms with Gasteiger partial charge in [-0.15, -0.1) is 0 Å². The Bertz CT molecular complexity index is 443. The van der Waals surface area contributed by atoms with Crippen molar-refractivity contribution in [2.24, 2.45) is 5.16 Å². The lowest BCUT2D eigenvalue weighted by Gasteiger charge is -2.18. The van der Waals surface area contributed by atoms with Crippen LogP contribution in [-0.2, 0) is 11.2 Å². The standard InChI is InChI=1S/C15H21NO3/c1-2-18-9-4-10-19-13-8-7-12-5-3-6-15(16-17)14(12)11-13/h7-8,11,17H,2-6,9-10H2,1H3/b16-15-. The smallest absolute Gasteiger partial charge is 0.119 e. The van der Waals surface area contributed by atoms with Gasteiger partial charge in [0.2, 0.25) is 0 Å². The molecule has 0 saturated heterocycles. The Morgan fingerprint density at radius 3 is 2.95 bits per heavy atom. The fourth-order valence-corrected chi connectivity index (χ4v) is 2.31. The largest absolute Gasteiger partial charge is 0.493 e. The highest BCUT2D eigenvalue weighted by Gasteiger charge is 2.16. The van der Waals surface area contributed by atoms with Crippen LogP contribution >= 0.6 is 0 Å². The van der Waals surface area contributed by atoms with E-state index in [4.69, 9.17) is 14.7 Å². The van der Waals surface area contributed by atoms with Crippen molar-refractivity contribution < 1.29 is 14.7 Å². The first-order valence-corrected chi connectivity index (χ1v) is 6.90. The third kappa shape index (κ3) is 3.70. The van der Waals surface area contributed by atoms with Crippen molar-refractivity contribution in [2.45, 2.75) is 32.6 Å². The molecule has 4 heteroatoms. The molecule has 0 unspecified atom stereocenters. The predicted octanol–water partition coefficient (Wildman–Crippen LogP) is 3.01. The number of hydrogen-bond acceptors (Lipinski definition) is 4. The summed E-state index contributed by atoms with van der Waals surface area (Å²) in [7, 11) is 0. The normalized spacial score (nSPS) is 16.4. The van der Waals surface area contributed by atoms with Crippen LogP contribution in [0.15, 0.2) is 23.4 Å². The van der Waals surface area contributed by atoms with Crippen LogP contribution in [0.5, 0.6) is 5.75 Å². The highest BCUT2D eigenvalue weighted by atomic mass is 16.5. The number of fused-ring (bicyclic) bond motifs is 1. The predicted molar refractivity (Wildman–Crippen MR) is 74.3 cm³/mol. The van der Waals surface area contributed by atoms with Gasteiger partial charge in [-0.1, -0.05) is 11.2 Å². The van der Waals surface area contributed by atoms with Gasteiger partial charge in [0.25, 0.3) is 0 Å². The van der Waals surface area contributed by atoms with Gasteiger partial charge >= 0.3 is 0 Å². The molecule has 1 N–H and O–H groups in total. The molecule has 2 rings (SSSR count). The van der Waals surface area contributed by atoms with E-state index in [1.165, 1.54) is 5.56 Å². The van der Waals surface area contributed by atoms with Crippen molar-refractivity contribution >= 4 is 5.71 Å². The Kier molecular flexibility index (Phi) is 5.21. The average molecular weight is 263 g/mol. The molecule has 1 aliphatic rings. The summed E-state index contributed by atoms with van der Waals surface area (Å²) in [5.41, 5.74) is 3.03. The van der Waals surface area contributed by atoms with Crippen molar-refractivity contribution in [1.82, 2.24) is 0 Å². The van der Waals surface area contributed by atoms with Crippen LogP contribution in [0, 0.1) is 0 Å². The maximum Gasteiger partial charge on any atom is 0.119 e. The summed E-state index contributed by atoms with van der Waals surface area (Å²) in [5.74, 6) is 0.832. The van der Waals surface area contributed by atoms with Crippen LogP contribution in [0.2, 0.25) is 0 Å². The number of nitrogens with zero attached hydrogens (tertiary/aromatic N) is 1. The third-order valence-corrected chi connectivity index (χ3v) is 3.28. The highest BCUT2D eigenvalue weighted by Crippen LogP contribution is 2.26. The maximum absolute atomic E-state index is 9.03. The molecule has 0 heterocycles. The van der Waals surface area contributed by atoms with E-state index in [-0.39, 0.29) is 0 Å². The zero-order valence-electron chi connectivity index (χ0n) is 11.4. The summed E-state index contributed by atoms with van der Waals surface area (Å²) >= 11 is 0. The quantitative estimate of drug-likeness (QED) is 0.487. The third-order valence-electron chi connectivity index (χ3n) is 3.28. The molecule has 0 amide bonds. The summed E-state index contributed by atoms with van der Waals surface area (Å²) in [6, 6.07) is 6.03. The minimum absolute atomic E-state index is 0.643. The van der Waals surface area contributed by atoms with Crippen LogP contribution in [0.4, 0.5) is 0 Å². The van der Waals surface area contributed by atoms with Gasteiger partial charge in [-0.05, 0) is 43.9 Å². The first-order chi connectivity index (χ1) is 9.35. The number of benzene rings is 1. The molecule has 1 aromatic rings. The Morgan fingerprint density at radius 1 is 1.26 bits per heavy atom. The van der Waals surface area contributed by atoms with Crippen molar-refractivity contribution in [3.63, 3.8) is 0 Å². The minimum Gasteiger partial charge on any atom is -0.493 e. The van der Waals surface area contributed by atoms with E-state index in [1.54, 1.807) is 0 Å². The summed E-state index contributed by atoms with van der Waals surface area (Å²) in [5, 5.41) is 12.4. The maximum atomic E-state index is 9.03. The van der Waals surface area contributed by atoms with Gasteiger partial charge in [-0.2, -0.15) is 0 Å². The van der Waals surface area contributed by atoms with Crippen molar-refractivity contribution in [2.75, 3.05) is 19.8 Å². The van der Waals surface area contributed by atoms with E-state index in [1.807, 2.05) is 19.1 Å². The molecule has 0 atom stereocenters. The lowest BCUT2D eigenvalue weighted by molar-refractivity contribution is 0.131. The zero-order chi connectivity index (χ0) is 13.5. The number of hydrogen-bond donors (Lipinski definition) is 1. The monoisotopic (exact) mass is 263 g/mol. The number of oxime groups is 1. The summed E-state index contributed by atoms with van der Waals surface area (Å²) < 4.78 is 11.0. The van der Waals surface area contributed by atoms with E-state index >= 15 is 0 Å². The van der Waals surface area contributed by atoms with Gasteiger partial charge < -0.3 is 14.7 Å². The average Bonchev–Trinajstić information content (AvgIpc) is 2.46. The van der Waals surface area contributed by atoms with E-state index in [2.05, 4.69) is 11.2 Å². The van der Waals surface area contributed by atoms with Gasteiger partial charge in [0.15, 0.2) is 0 Å². The molecular formula is C15H21NO3. The summed E-state index contributed by atoms with van der Waals surface area (Å²) in [6.07, 6.45) is 3.79.